The van der Waals surface area contributed by atoms with E-state index in [1.807, 2.05) is 0 Å². The first-order valence-corrected chi connectivity index (χ1v) is 4.31. The zero-order chi connectivity index (χ0) is 10.7. The number of nitrogens with two attached hydrogens (primary N) is 1. The second-order valence-electron chi connectivity index (χ2n) is 3.30. The van der Waals surface area contributed by atoms with Crippen molar-refractivity contribution in [2.75, 3.05) is 5.73 Å². The highest BCUT2D eigenvalue weighted by atomic mass is 35.5. The highest BCUT2D eigenvalue weighted by molar-refractivity contribution is 5.85. The molecule has 0 aliphatic rings. The zero-order valence-corrected chi connectivity index (χ0v) is 9.38. The molecule has 0 atom stereocenters. The van der Waals surface area contributed by atoms with Crippen LogP contribution in [0.2, 0.25) is 0 Å². The summed E-state index contributed by atoms with van der Waals surface area (Å²) in [6.07, 6.45) is 0. The van der Waals surface area contributed by atoms with Crippen LogP contribution in [0.5, 0.6) is 11.5 Å². The lowest BCUT2D eigenvalue weighted by Gasteiger charge is -2.08. The number of carbonyl (C=O) groups is 1. The fraction of sp³-hybridized carbons (Fsp3) is 0.300. The van der Waals surface area contributed by atoms with Crippen molar-refractivity contribution in [2.24, 2.45) is 5.92 Å². The molecule has 0 spiro atoms. The lowest BCUT2D eigenvalue weighted by molar-refractivity contribution is -0.137. The number of nitrogen functional groups attached to an aromatic ring is 1. The molecule has 15 heavy (non-hydrogen) atoms. The Labute approximate surface area is 94.5 Å². The molecule has 3 N–H and O–H groups in total. The molecule has 84 valence electrons. The highest BCUT2D eigenvalue weighted by Gasteiger charge is 2.11. The molecule has 0 aromatic heterocycles. The van der Waals surface area contributed by atoms with Gasteiger partial charge in [0.15, 0.2) is 5.75 Å². The molecule has 1 aromatic carbocycles. The number of aromatic hydroxyl groups is 1. The minimum absolute atomic E-state index is 0. The molecule has 0 amide bonds. The van der Waals surface area contributed by atoms with Gasteiger partial charge >= 0.3 is 5.97 Å². The number of hydrogen-bond acceptors (Lipinski definition) is 4. The lowest BCUT2D eigenvalue weighted by Crippen LogP contribution is -2.15. The first-order valence-electron chi connectivity index (χ1n) is 4.31. The van der Waals surface area contributed by atoms with Gasteiger partial charge in [-0.05, 0) is 12.1 Å². The van der Waals surface area contributed by atoms with E-state index in [0.717, 1.165) is 0 Å². The van der Waals surface area contributed by atoms with Crippen LogP contribution in [0.25, 0.3) is 0 Å². The van der Waals surface area contributed by atoms with E-state index in [1.165, 1.54) is 18.2 Å². The van der Waals surface area contributed by atoms with Crippen LogP contribution in [-0.4, -0.2) is 11.1 Å². The smallest absolute Gasteiger partial charge is 0.313 e. The molecule has 0 heterocycles. The Kier molecular flexibility index (Phi) is 4.94. The van der Waals surface area contributed by atoms with Crippen molar-refractivity contribution in [3.8, 4) is 11.5 Å². The van der Waals surface area contributed by atoms with Crippen molar-refractivity contribution in [3.05, 3.63) is 18.2 Å². The lowest BCUT2D eigenvalue weighted by atomic mass is 10.2. The number of carbonyl (C=O) groups excluding carboxylic acids is 1. The SMILES string of the molecule is CC(C)C(=O)Oc1ccc(O)cc1N.Cl. The maximum atomic E-state index is 11.2. The van der Waals surface area contributed by atoms with Gasteiger partial charge in [0.05, 0.1) is 11.6 Å². The number of halogens is 1. The van der Waals surface area contributed by atoms with Crippen LogP contribution in [0.3, 0.4) is 0 Å². The van der Waals surface area contributed by atoms with Gasteiger partial charge in [-0.3, -0.25) is 4.79 Å². The molecule has 5 heteroatoms. The van der Waals surface area contributed by atoms with Gasteiger partial charge in [0.25, 0.3) is 0 Å². The summed E-state index contributed by atoms with van der Waals surface area (Å²) in [5.74, 6) is -0.223. The number of hydrogen-bond donors (Lipinski definition) is 2. The van der Waals surface area contributed by atoms with Crippen molar-refractivity contribution in [3.63, 3.8) is 0 Å². The molecular weight excluding hydrogens is 218 g/mol. The first-order chi connectivity index (χ1) is 6.50. The first kappa shape index (κ1) is 13.6. The third kappa shape index (κ3) is 3.67. The quantitative estimate of drug-likeness (QED) is 0.464. The summed E-state index contributed by atoms with van der Waals surface area (Å²) in [5.41, 5.74) is 5.78. The maximum absolute atomic E-state index is 11.2. The fourth-order valence-electron chi connectivity index (χ4n) is 0.855. The van der Waals surface area contributed by atoms with Gasteiger partial charge in [-0.15, -0.1) is 12.4 Å². The number of esters is 1. The standard InChI is InChI=1S/C10H13NO3.ClH/c1-6(2)10(13)14-9-4-3-7(12)5-8(9)11;/h3-6,12H,11H2,1-2H3;1H. The van der Waals surface area contributed by atoms with Gasteiger partial charge in [0.1, 0.15) is 5.75 Å². The van der Waals surface area contributed by atoms with E-state index in [0.29, 0.717) is 0 Å². The van der Waals surface area contributed by atoms with Crippen molar-refractivity contribution >= 4 is 24.1 Å². The predicted molar refractivity (Wildman–Crippen MR) is 60.2 cm³/mol. The van der Waals surface area contributed by atoms with E-state index in [2.05, 4.69) is 0 Å². The molecule has 0 bridgehead atoms. The monoisotopic (exact) mass is 231 g/mol. The van der Waals surface area contributed by atoms with E-state index in [-0.39, 0.29) is 41.5 Å². The van der Waals surface area contributed by atoms with Gasteiger partial charge in [-0.1, -0.05) is 13.8 Å². The minimum Gasteiger partial charge on any atom is -0.508 e. The number of phenols is 1. The Morgan fingerprint density at radius 2 is 2.07 bits per heavy atom. The molecule has 0 saturated carbocycles. The van der Waals surface area contributed by atoms with Crippen molar-refractivity contribution in [2.45, 2.75) is 13.8 Å². The second-order valence-corrected chi connectivity index (χ2v) is 3.30. The number of benzene rings is 1. The summed E-state index contributed by atoms with van der Waals surface area (Å²) < 4.78 is 4.99. The molecule has 0 unspecified atom stereocenters. The fourth-order valence-corrected chi connectivity index (χ4v) is 0.855. The van der Waals surface area contributed by atoms with Crippen LogP contribution < -0.4 is 10.5 Å². The molecule has 0 aliphatic heterocycles. The van der Waals surface area contributed by atoms with Crippen LogP contribution in [0.1, 0.15) is 13.8 Å². The van der Waals surface area contributed by atoms with E-state index in [4.69, 9.17) is 15.6 Å². The van der Waals surface area contributed by atoms with Gasteiger partial charge < -0.3 is 15.6 Å². The van der Waals surface area contributed by atoms with Crippen LogP contribution in [-0.2, 0) is 4.79 Å². The number of ether oxygens (including phenoxy) is 1. The van der Waals surface area contributed by atoms with Crippen molar-refractivity contribution in [1.82, 2.24) is 0 Å². The average Bonchev–Trinajstić information content (AvgIpc) is 2.09. The summed E-state index contributed by atoms with van der Waals surface area (Å²) in [5, 5.41) is 9.06. The number of rotatable bonds is 2. The summed E-state index contributed by atoms with van der Waals surface area (Å²) in [4.78, 5) is 11.2. The molecule has 0 saturated heterocycles. The van der Waals surface area contributed by atoms with Crippen LogP contribution in [0.15, 0.2) is 18.2 Å². The Hall–Kier alpha value is -1.42. The van der Waals surface area contributed by atoms with E-state index < -0.39 is 0 Å². The Balaban J connectivity index is 0.00000196. The normalized spacial score (nSPS) is 9.53. The van der Waals surface area contributed by atoms with Crippen LogP contribution in [0, 0.1) is 5.92 Å². The van der Waals surface area contributed by atoms with Crippen molar-refractivity contribution in [1.29, 1.82) is 0 Å². The molecule has 4 nitrogen and oxygen atoms in total. The molecular formula is C10H14ClNO3. The number of anilines is 1. The van der Waals surface area contributed by atoms with E-state index in [9.17, 15) is 4.79 Å². The summed E-state index contributed by atoms with van der Waals surface area (Å²) >= 11 is 0. The second kappa shape index (κ2) is 5.46. The van der Waals surface area contributed by atoms with Gasteiger partial charge in [0, 0.05) is 6.07 Å². The van der Waals surface area contributed by atoms with Crippen LogP contribution in [0.4, 0.5) is 5.69 Å². The summed E-state index contributed by atoms with van der Waals surface area (Å²) in [6.45, 7) is 3.47. The Morgan fingerprint density at radius 3 is 2.53 bits per heavy atom. The van der Waals surface area contributed by atoms with E-state index >= 15 is 0 Å². The summed E-state index contributed by atoms with van der Waals surface area (Å²) in [7, 11) is 0. The third-order valence-corrected chi connectivity index (χ3v) is 1.68. The van der Waals surface area contributed by atoms with Gasteiger partial charge in [-0.2, -0.15) is 0 Å². The zero-order valence-electron chi connectivity index (χ0n) is 8.56. The topological polar surface area (TPSA) is 72.5 Å². The van der Waals surface area contributed by atoms with Crippen LogP contribution >= 0.6 is 12.4 Å². The Morgan fingerprint density at radius 1 is 1.47 bits per heavy atom. The van der Waals surface area contributed by atoms with Gasteiger partial charge in [0.2, 0.25) is 0 Å². The molecule has 1 aromatic rings. The molecule has 0 radical (unpaired) electrons. The molecule has 0 aliphatic carbocycles. The maximum Gasteiger partial charge on any atom is 0.313 e. The molecule has 1 rings (SSSR count). The summed E-state index contributed by atoms with van der Waals surface area (Å²) in [6, 6.07) is 4.22. The van der Waals surface area contributed by atoms with E-state index in [1.54, 1.807) is 13.8 Å². The Bertz CT molecular complexity index is 353. The minimum atomic E-state index is -0.345. The third-order valence-electron chi connectivity index (χ3n) is 1.68. The number of phenolic OH excluding ortho intramolecular Hbond substituents is 1. The van der Waals surface area contributed by atoms with Gasteiger partial charge in [-0.25, -0.2) is 0 Å². The largest absolute Gasteiger partial charge is 0.508 e. The van der Waals surface area contributed by atoms with Crippen molar-refractivity contribution < 1.29 is 14.6 Å². The average molecular weight is 232 g/mol. The highest BCUT2D eigenvalue weighted by Crippen LogP contribution is 2.26. The molecule has 0 fully saturated rings. The predicted octanol–water partition coefficient (Wildman–Crippen LogP) is 1.96.